The number of aryl methyl sites for hydroxylation is 2. The van der Waals surface area contributed by atoms with Gasteiger partial charge in [-0.3, -0.25) is 9.59 Å². The third-order valence-corrected chi connectivity index (χ3v) is 9.07. The molecule has 2 saturated heterocycles. The van der Waals surface area contributed by atoms with Gasteiger partial charge < -0.3 is 40.1 Å². The molecule has 0 radical (unpaired) electrons. The Morgan fingerprint density at radius 3 is 1.38 bits per heavy atom. The van der Waals surface area contributed by atoms with Gasteiger partial charge in [-0.25, -0.2) is 9.97 Å². The summed E-state index contributed by atoms with van der Waals surface area (Å²) in [5, 5.41) is 23.4. The topological polar surface area (TPSA) is 149 Å². The van der Waals surface area contributed by atoms with E-state index in [1.165, 1.54) is 0 Å². The zero-order valence-corrected chi connectivity index (χ0v) is 27.5. The summed E-state index contributed by atoms with van der Waals surface area (Å²) in [6.45, 7) is 5.51. The highest BCUT2D eigenvalue weighted by molar-refractivity contribution is 5.98. The number of alkyl halides is 6. The SMILES string of the molecule is Cc1cc2c(nc1N1CCC(OC[C@@H](O)C(F)(F)F)CC1)CNC2=O.Cc1cc2c(nc1N1CCC(OC[C@H](O)C(F)(F)F)CC1)CNC2=O. The van der Waals surface area contributed by atoms with Gasteiger partial charge in [0.15, 0.2) is 12.2 Å². The first kappa shape index (κ1) is 37.5. The second kappa shape index (κ2) is 15.2. The van der Waals surface area contributed by atoms with Crippen LogP contribution in [0.25, 0.3) is 0 Å². The Bertz CT molecular complexity index is 1430. The molecule has 4 aliphatic rings. The van der Waals surface area contributed by atoms with Gasteiger partial charge >= 0.3 is 12.4 Å². The van der Waals surface area contributed by atoms with Crippen molar-refractivity contribution < 1.29 is 55.6 Å². The molecular formula is C32H40F6N6O6. The van der Waals surface area contributed by atoms with Crippen molar-refractivity contribution in [3.05, 3.63) is 45.8 Å². The first-order chi connectivity index (χ1) is 23.5. The summed E-state index contributed by atoms with van der Waals surface area (Å²) >= 11 is 0. The van der Waals surface area contributed by atoms with Gasteiger partial charge in [-0.15, -0.1) is 0 Å². The maximum Gasteiger partial charge on any atom is 0.416 e. The molecule has 276 valence electrons. The lowest BCUT2D eigenvalue weighted by molar-refractivity contribution is -0.222. The summed E-state index contributed by atoms with van der Waals surface area (Å²) in [5.41, 5.74) is 4.42. The normalized spacial score (nSPS) is 19.7. The molecule has 2 amide bonds. The molecule has 18 heteroatoms. The van der Waals surface area contributed by atoms with E-state index in [9.17, 15) is 35.9 Å². The Morgan fingerprint density at radius 1 is 0.720 bits per heavy atom. The summed E-state index contributed by atoms with van der Waals surface area (Å²) in [4.78, 5) is 36.6. The quantitative estimate of drug-likeness (QED) is 0.300. The molecule has 4 aliphatic heterocycles. The van der Waals surface area contributed by atoms with Crippen LogP contribution in [-0.4, -0.2) is 108 Å². The number of carbonyl (C=O) groups excluding carboxylic acids is 2. The predicted octanol–water partition coefficient (Wildman–Crippen LogP) is 3.08. The fraction of sp³-hybridized carbons (Fsp3) is 0.625. The van der Waals surface area contributed by atoms with Crippen molar-refractivity contribution in [2.75, 3.05) is 49.2 Å². The minimum atomic E-state index is -4.66. The second-order valence-electron chi connectivity index (χ2n) is 12.8. The number of aliphatic hydroxyl groups excluding tert-OH is 2. The number of aromatic nitrogens is 2. The molecule has 6 rings (SSSR count). The van der Waals surface area contributed by atoms with Crippen LogP contribution in [0.2, 0.25) is 0 Å². The van der Waals surface area contributed by atoms with E-state index < -0.39 is 37.8 Å². The molecule has 2 atom stereocenters. The fourth-order valence-corrected chi connectivity index (χ4v) is 6.21. The Labute approximate surface area is 284 Å². The minimum absolute atomic E-state index is 0.118. The lowest BCUT2D eigenvalue weighted by atomic mass is 10.1. The molecule has 2 aromatic heterocycles. The summed E-state index contributed by atoms with van der Waals surface area (Å²) in [7, 11) is 0. The first-order valence-corrected chi connectivity index (χ1v) is 16.3. The summed E-state index contributed by atoms with van der Waals surface area (Å²) < 4.78 is 84.2. The number of fused-ring (bicyclic) bond motifs is 2. The van der Waals surface area contributed by atoms with E-state index in [0.29, 0.717) is 76.1 Å². The number of nitrogens with zero attached hydrogens (tertiary/aromatic N) is 4. The van der Waals surface area contributed by atoms with Crippen molar-refractivity contribution in [2.24, 2.45) is 0 Å². The number of rotatable bonds is 8. The van der Waals surface area contributed by atoms with Crippen LogP contribution in [0, 0.1) is 13.8 Å². The number of carbonyl (C=O) groups is 2. The summed E-state index contributed by atoms with van der Waals surface area (Å²) in [5.74, 6) is 1.35. The fourth-order valence-electron chi connectivity index (χ4n) is 6.21. The second-order valence-corrected chi connectivity index (χ2v) is 12.8. The van der Waals surface area contributed by atoms with E-state index in [0.717, 1.165) is 34.2 Å². The van der Waals surface area contributed by atoms with Crippen LogP contribution in [0.4, 0.5) is 38.0 Å². The van der Waals surface area contributed by atoms with Gasteiger partial charge in [0.1, 0.15) is 11.6 Å². The van der Waals surface area contributed by atoms with Crippen LogP contribution in [0.5, 0.6) is 0 Å². The van der Waals surface area contributed by atoms with Crippen molar-refractivity contribution in [1.29, 1.82) is 0 Å². The van der Waals surface area contributed by atoms with Crippen molar-refractivity contribution >= 4 is 23.5 Å². The number of nitrogens with one attached hydrogen (secondary N) is 2. The zero-order chi connectivity index (χ0) is 36.4. The van der Waals surface area contributed by atoms with Gasteiger partial charge in [0, 0.05) is 26.2 Å². The van der Waals surface area contributed by atoms with Gasteiger partial charge in [-0.05, 0) is 62.8 Å². The Balaban J connectivity index is 0.000000194. The number of aliphatic hydroxyl groups is 2. The highest BCUT2D eigenvalue weighted by Crippen LogP contribution is 2.29. The maximum absolute atomic E-state index is 12.3. The third-order valence-electron chi connectivity index (χ3n) is 9.07. The number of ether oxygens (including phenoxy) is 2. The summed E-state index contributed by atoms with van der Waals surface area (Å²) in [6, 6.07) is 3.64. The van der Waals surface area contributed by atoms with Gasteiger partial charge in [0.05, 0.1) is 61.0 Å². The Hall–Kier alpha value is -3.74. The van der Waals surface area contributed by atoms with E-state index in [1.54, 1.807) is 0 Å². The lowest BCUT2D eigenvalue weighted by Gasteiger charge is -2.34. The van der Waals surface area contributed by atoms with E-state index in [2.05, 4.69) is 30.4 Å². The van der Waals surface area contributed by atoms with E-state index in [4.69, 9.17) is 19.7 Å². The van der Waals surface area contributed by atoms with E-state index in [1.807, 2.05) is 26.0 Å². The van der Waals surface area contributed by atoms with E-state index >= 15 is 0 Å². The van der Waals surface area contributed by atoms with Crippen molar-refractivity contribution in [1.82, 2.24) is 20.6 Å². The van der Waals surface area contributed by atoms with E-state index in [-0.39, 0.29) is 24.0 Å². The van der Waals surface area contributed by atoms with Crippen LogP contribution in [0.1, 0.15) is 68.9 Å². The Morgan fingerprint density at radius 2 is 1.06 bits per heavy atom. The minimum Gasteiger partial charge on any atom is -0.382 e. The standard InChI is InChI=1S/2C16H20F3N3O3/c2*1-9-6-11-12(7-20-15(11)24)21-14(9)22-4-2-10(3-5-22)25-8-13(23)16(17,18)19/h2*6,10,13,23H,2-5,7-8H2,1H3,(H,20,24)/t2*13-/m10/s1. The molecule has 2 fully saturated rings. The smallest absolute Gasteiger partial charge is 0.382 e. The first-order valence-electron chi connectivity index (χ1n) is 16.3. The largest absolute Gasteiger partial charge is 0.416 e. The van der Waals surface area contributed by atoms with Gasteiger partial charge in [0.2, 0.25) is 0 Å². The molecule has 6 heterocycles. The molecular weight excluding hydrogens is 678 g/mol. The zero-order valence-electron chi connectivity index (χ0n) is 27.5. The molecule has 2 aromatic rings. The molecule has 0 aliphatic carbocycles. The highest BCUT2D eigenvalue weighted by Gasteiger charge is 2.40. The van der Waals surface area contributed by atoms with Gasteiger partial charge in [-0.1, -0.05) is 0 Å². The van der Waals surface area contributed by atoms with Crippen molar-refractivity contribution in [3.63, 3.8) is 0 Å². The molecule has 0 saturated carbocycles. The van der Waals surface area contributed by atoms with Crippen LogP contribution in [0.15, 0.2) is 12.1 Å². The number of hydrogen-bond acceptors (Lipinski definition) is 10. The monoisotopic (exact) mass is 718 g/mol. The average Bonchev–Trinajstić information content (AvgIpc) is 3.62. The number of piperidine rings is 2. The van der Waals surface area contributed by atoms with Crippen LogP contribution in [0.3, 0.4) is 0 Å². The van der Waals surface area contributed by atoms with Crippen LogP contribution in [-0.2, 0) is 22.6 Å². The number of halogens is 6. The molecule has 0 unspecified atom stereocenters. The Kier molecular flexibility index (Phi) is 11.4. The van der Waals surface area contributed by atoms with Crippen molar-refractivity contribution in [2.45, 2.75) is 89.4 Å². The molecule has 12 nitrogen and oxygen atoms in total. The molecule has 50 heavy (non-hydrogen) atoms. The van der Waals surface area contributed by atoms with Gasteiger partial charge in [0.25, 0.3) is 11.8 Å². The number of pyridine rings is 2. The predicted molar refractivity (Wildman–Crippen MR) is 167 cm³/mol. The maximum atomic E-state index is 12.3. The molecule has 0 spiro atoms. The lowest BCUT2D eigenvalue weighted by Crippen LogP contribution is -2.40. The summed E-state index contributed by atoms with van der Waals surface area (Å²) in [6.07, 6.45) is -12.6. The number of anilines is 2. The van der Waals surface area contributed by atoms with Crippen molar-refractivity contribution in [3.8, 4) is 0 Å². The average molecular weight is 719 g/mol. The van der Waals surface area contributed by atoms with Gasteiger partial charge in [-0.2, -0.15) is 26.3 Å². The molecule has 0 bridgehead atoms. The number of amides is 2. The van der Waals surface area contributed by atoms with Crippen LogP contribution >= 0.6 is 0 Å². The number of hydrogen-bond donors (Lipinski definition) is 4. The third kappa shape index (κ3) is 8.94. The van der Waals surface area contributed by atoms with Crippen LogP contribution < -0.4 is 20.4 Å². The highest BCUT2D eigenvalue weighted by atomic mass is 19.4. The molecule has 0 aromatic carbocycles. The molecule has 4 N–H and O–H groups in total.